The first-order valence-corrected chi connectivity index (χ1v) is 9.79. The van der Waals surface area contributed by atoms with Crippen LogP contribution in [0.15, 0.2) is 30.0 Å². The van der Waals surface area contributed by atoms with Crippen molar-refractivity contribution >= 4 is 29.4 Å². The lowest BCUT2D eigenvalue weighted by atomic mass is 10.3. The van der Waals surface area contributed by atoms with Crippen LogP contribution >= 0.6 is 11.3 Å². The largest absolute Gasteiger partial charge is 0.483 e. The number of carbonyl (C=O) groups excluding carboxylic acids is 1. The Bertz CT molecular complexity index is 907. The molecule has 0 saturated carbocycles. The molecule has 3 aromatic heterocycles. The van der Waals surface area contributed by atoms with Gasteiger partial charge in [0.25, 0.3) is 12.4 Å². The number of fused-ring (bicyclic) bond motifs is 1. The number of rotatable bonds is 3. The molecule has 10 heteroatoms. The van der Waals surface area contributed by atoms with E-state index in [-0.39, 0.29) is 12.4 Å². The molecule has 0 aromatic carbocycles. The Morgan fingerprint density at radius 1 is 1.29 bits per heavy atom. The van der Waals surface area contributed by atoms with E-state index >= 15 is 0 Å². The van der Waals surface area contributed by atoms with Crippen molar-refractivity contribution in [1.29, 1.82) is 0 Å². The molecule has 4 rings (SSSR count). The first-order valence-electron chi connectivity index (χ1n) is 8.91. The summed E-state index contributed by atoms with van der Waals surface area (Å²) in [5, 5.41) is 11.2. The second-order valence-electron chi connectivity index (χ2n) is 6.34. The summed E-state index contributed by atoms with van der Waals surface area (Å²) in [6.45, 7) is 6.06. The van der Waals surface area contributed by atoms with Crippen LogP contribution in [0.5, 0.6) is 0 Å². The van der Waals surface area contributed by atoms with E-state index in [1.807, 2.05) is 10.4 Å². The van der Waals surface area contributed by atoms with Crippen LogP contribution in [-0.2, 0) is 11.3 Å². The lowest BCUT2D eigenvalue weighted by Gasteiger charge is -2.21. The Morgan fingerprint density at radius 3 is 2.82 bits per heavy atom. The second-order valence-corrected chi connectivity index (χ2v) is 7.28. The molecule has 1 saturated heterocycles. The summed E-state index contributed by atoms with van der Waals surface area (Å²) in [5.74, 6) is -0.0127. The molecule has 1 fully saturated rings. The van der Waals surface area contributed by atoms with E-state index < -0.39 is 0 Å². The predicted octanol–water partition coefficient (Wildman–Crippen LogP) is 1.54. The van der Waals surface area contributed by atoms with E-state index in [9.17, 15) is 4.79 Å². The Labute approximate surface area is 166 Å². The smallest absolute Gasteiger partial charge is 0.290 e. The lowest BCUT2D eigenvalue weighted by Crippen LogP contribution is -2.35. The van der Waals surface area contributed by atoms with Crippen LogP contribution in [0.4, 0.5) is 0 Å². The van der Waals surface area contributed by atoms with E-state index in [2.05, 4.69) is 26.9 Å². The van der Waals surface area contributed by atoms with Gasteiger partial charge in [0.2, 0.25) is 0 Å². The van der Waals surface area contributed by atoms with Gasteiger partial charge in [0.15, 0.2) is 11.3 Å². The van der Waals surface area contributed by atoms with Crippen LogP contribution in [0, 0.1) is 6.92 Å². The zero-order valence-corrected chi connectivity index (χ0v) is 16.4. The van der Waals surface area contributed by atoms with E-state index in [1.165, 1.54) is 4.88 Å². The van der Waals surface area contributed by atoms with Gasteiger partial charge in [-0.15, -0.1) is 11.3 Å². The summed E-state index contributed by atoms with van der Waals surface area (Å²) in [4.78, 5) is 35.3. The minimum Gasteiger partial charge on any atom is -0.483 e. The monoisotopic (exact) mass is 402 g/mol. The predicted molar refractivity (Wildman–Crippen MR) is 104 cm³/mol. The first-order chi connectivity index (χ1) is 13.6. The number of aryl methyl sites for hydroxylation is 1. The fourth-order valence-corrected chi connectivity index (χ4v) is 3.93. The van der Waals surface area contributed by atoms with Crippen LogP contribution in [0.3, 0.4) is 0 Å². The van der Waals surface area contributed by atoms with Gasteiger partial charge in [-0.1, -0.05) is 0 Å². The fraction of sp³-hybridized carbons (Fsp3) is 0.389. The van der Waals surface area contributed by atoms with Gasteiger partial charge in [0, 0.05) is 56.1 Å². The maximum absolute atomic E-state index is 12.8. The molecular weight excluding hydrogens is 380 g/mol. The highest BCUT2D eigenvalue weighted by Crippen LogP contribution is 2.17. The SMILES string of the molecule is Cc1ncsc1CN1CCCN(C(=O)c2cc3ncccn3n2)CC1.O=CO. The van der Waals surface area contributed by atoms with Crippen molar-refractivity contribution < 1.29 is 14.7 Å². The molecule has 0 spiro atoms. The van der Waals surface area contributed by atoms with Crippen molar-refractivity contribution in [3.63, 3.8) is 0 Å². The molecule has 28 heavy (non-hydrogen) atoms. The number of hydrogen-bond donors (Lipinski definition) is 1. The van der Waals surface area contributed by atoms with Crippen LogP contribution in [0.25, 0.3) is 5.65 Å². The number of carbonyl (C=O) groups is 2. The third-order valence-electron chi connectivity index (χ3n) is 4.54. The van der Waals surface area contributed by atoms with Crippen LogP contribution in [0.2, 0.25) is 0 Å². The maximum atomic E-state index is 12.8. The third-order valence-corrected chi connectivity index (χ3v) is 5.46. The highest BCUT2D eigenvalue weighted by Gasteiger charge is 2.23. The number of hydrogen-bond acceptors (Lipinski definition) is 7. The number of amides is 1. The zero-order valence-electron chi connectivity index (χ0n) is 15.6. The average Bonchev–Trinajstić information content (AvgIpc) is 3.22. The van der Waals surface area contributed by atoms with E-state index in [1.54, 1.807) is 40.4 Å². The fourth-order valence-electron chi connectivity index (χ4n) is 3.11. The molecule has 0 aliphatic carbocycles. The Balaban J connectivity index is 0.000000706. The summed E-state index contributed by atoms with van der Waals surface area (Å²) in [5.41, 5.74) is 4.17. The number of carboxylic acid groups (broad SMARTS) is 1. The van der Waals surface area contributed by atoms with Crippen LogP contribution < -0.4 is 0 Å². The Hall–Kier alpha value is -2.85. The van der Waals surface area contributed by atoms with Crippen LogP contribution in [0.1, 0.15) is 27.5 Å². The highest BCUT2D eigenvalue weighted by molar-refractivity contribution is 7.09. The van der Waals surface area contributed by atoms with Gasteiger partial charge in [-0.3, -0.25) is 14.5 Å². The standard InChI is InChI=1S/C17H20N6OS.CH2O2/c1-13-15(25-12-19-13)11-21-5-3-6-22(9-8-21)17(24)14-10-16-18-4-2-7-23(16)20-14;2-1-3/h2,4,7,10,12H,3,5-6,8-9,11H2,1H3;1H,(H,2,3). The van der Waals surface area contributed by atoms with E-state index in [0.29, 0.717) is 11.3 Å². The molecule has 4 heterocycles. The molecule has 0 unspecified atom stereocenters. The van der Waals surface area contributed by atoms with Gasteiger partial charge in [0.05, 0.1) is 11.2 Å². The van der Waals surface area contributed by atoms with E-state index in [0.717, 1.165) is 44.8 Å². The minimum absolute atomic E-state index is 0.0127. The molecule has 1 N–H and O–H groups in total. The third kappa shape index (κ3) is 4.70. The Morgan fingerprint density at radius 2 is 2.11 bits per heavy atom. The van der Waals surface area contributed by atoms with Gasteiger partial charge in [-0.25, -0.2) is 14.5 Å². The van der Waals surface area contributed by atoms with Gasteiger partial charge >= 0.3 is 0 Å². The van der Waals surface area contributed by atoms with Crippen molar-refractivity contribution in [1.82, 2.24) is 29.4 Å². The molecule has 148 valence electrons. The molecule has 1 aliphatic heterocycles. The van der Waals surface area contributed by atoms with E-state index in [4.69, 9.17) is 9.90 Å². The normalized spacial score (nSPS) is 15.0. The van der Waals surface area contributed by atoms with Crippen molar-refractivity contribution in [2.24, 2.45) is 0 Å². The van der Waals surface area contributed by atoms with Gasteiger partial charge in [0.1, 0.15) is 0 Å². The second kappa shape index (κ2) is 9.38. The summed E-state index contributed by atoms with van der Waals surface area (Å²) in [6.07, 6.45) is 4.48. The Kier molecular flexibility index (Phi) is 6.66. The quantitative estimate of drug-likeness (QED) is 0.663. The molecule has 0 atom stereocenters. The summed E-state index contributed by atoms with van der Waals surface area (Å²) in [7, 11) is 0. The minimum atomic E-state index is -0.250. The molecule has 3 aromatic rings. The maximum Gasteiger partial charge on any atom is 0.290 e. The number of aromatic nitrogens is 4. The average molecular weight is 402 g/mol. The lowest BCUT2D eigenvalue weighted by molar-refractivity contribution is -0.122. The van der Waals surface area contributed by atoms with Crippen LogP contribution in [-0.4, -0.2) is 73.0 Å². The highest BCUT2D eigenvalue weighted by atomic mass is 32.1. The molecule has 0 bridgehead atoms. The molecule has 9 nitrogen and oxygen atoms in total. The zero-order chi connectivity index (χ0) is 19.9. The van der Waals surface area contributed by atoms with Crippen molar-refractivity contribution in [3.05, 3.63) is 46.3 Å². The molecular formula is C18H22N6O3S. The summed E-state index contributed by atoms with van der Waals surface area (Å²) < 4.78 is 1.64. The van der Waals surface area contributed by atoms with Crippen molar-refractivity contribution in [3.8, 4) is 0 Å². The van der Waals surface area contributed by atoms with Gasteiger partial charge < -0.3 is 10.0 Å². The van der Waals surface area contributed by atoms with Crippen molar-refractivity contribution in [2.45, 2.75) is 19.9 Å². The van der Waals surface area contributed by atoms with Gasteiger partial charge in [-0.05, 0) is 19.4 Å². The van der Waals surface area contributed by atoms with Gasteiger partial charge in [-0.2, -0.15) is 5.10 Å². The van der Waals surface area contributed by atoms with Crippen molar-refractivity contribution in [2.75, 3.05) is 26.2 Å². The molecule has 0 radical (unpaired) electrons. The summed E-state index contributed by atoms with van der Waals surface area (Å²) >= 11 is 1.70. The first kappa shape index (κ1) is 19.9. The molecule has 1 aliphatic rings. The number of thiazole rings is 1. The topological polar surface area (TPSA) is 104 Å². The number of nitrogens with zero attached hydrogens (tertiary/aromatic N) is 6. The molecule has 1 amide bonds. The summed E-state index contributed by atoms with van der Waals surface area (Å²) in [6, 6.07) is 3.56.